The second kappa shape index (κ2) is 37.4. The Balaban J connectivity index is 0.000000160. The average Bonchev–Trinajstić information content (AvgIpc) is 1.56. The number of aliphatic hydroxyl groups is 2. The minimum atomic E-state index is -4.05. The van der Waals surface area contributed by atoms with Crippen molar-refractivity contribution in [1.82, 2.24) is 0 Å². The maximum absolute atomic E-state index is 12.3. The van der Waals surface area contributed by atoms with Crippen LogP contribution in [0.25, 0.3) is 33.4 Å². The van der Waals surface area contributed by atoms with E-state index in [1.807, 2.05) is 45.4 Å². The molecule has 0 radical (unpaired) electrons. The summed E-state index contributed by atoms with van der Waals surface area (Å²) in [5.41, 5.74) is 18.6. The number of nitrogens with zero attached hydrogens (tertiary/aromatic N) is 1. The molecule has 0 spiro atoms. The van der Waals surface area contributed by atoms with Gasteiger partial charge in [0.2, 0.25) is 0 Å². The number of phosphoric ester groups is 2. The molecule has 4 fully saturated rings. The fourth-order valence-electron chi connectivity index (χ4n) is 18.6. The van der Waals surface area contributed by atoms with E-state index in [-0.39, 0.29) is 60.3 Å². The lowest BCUT2D eigenvalue weighted by atomic mass is 9.66. The lowest BCUT2D eigenvalue weighted by Gasteiger charge is -2.37. The summed E-state index contributed by atoms with van der Waals surface area (Å²) in [4.78, 5) is 10.0. The summed E-state index contributed by atoms with van der Waals surface area (Å²) >= 11 is 0. The second-order valence-electron chi connectivity index (χ2n) is 30.5. The zero-order valence-corrected chi connectivity index (χ0v) is 65.0. The van der Waals surface area contributed by atoms with Gasteiger partial charge in [-0.2, -0.15) is 0 Å². The van der Waals surface area contributed by atoms with E-state index in [9.17, 15) is 24.2 Å². The Labute approximate surface area is 630 Å². The summed E-state index contributed by atoms with van der Waals surface area (Å²) in [6, 6.07) is 63.7. The number of methoxy groups -OCH3 is 2. The number of fused-ring (bicyclic) bond motifs is 3. The molecule has 568 valence electrons. The number of benzene rings is 6. The number of likely N-dealkylation sites (N-methyl/N-ethyl adjacent to an activating group) is 1. The fraction of sp³-hybridized carbons (Fsp3) is 0.461. The molecule has 106 heavy (non-hydrogen) atoms. The van der Waals surface area contributed by atoms with Crippen molar-refractivity contribution in [3.8, 4) is 0 Å². The Morgan fingerprint density at radius 1 is 0.500 bits per heavy atom. The quantitative estimate of drug-likeness (QED) is 0.0148. The van der Waals surface area contributed by atoms with Gasteiger partial charge >= 0.3 is 15.6 Å². The average molecular weight is 1480 g/mol. The van der Waals surface area contributed by atoms with Crippen LogP contribution in [0.3, 0.4) is 0 Å². The molecule has 7 aliphatic rings. The molecule has 10 atom stereocenters. The fourth-order valence-corrected chi connectivity index (χ4v) is 20.5. The molecule has 15 nitrogen and oxygen atoms in total. The maximum atomic E-state index is 12.3. The molecule has 3 N–H and O–H groups in total. The Morgan fingerprint density at radius 3 is 1.24 bits per heavy atom. The van der Waals surface area contributed by atoms with Crippen molar-refractivity contribution < 1.29 is 70.3 Å². The van der Waals surface area contributed by atoms with Gasteiger partial charge in [-0.1, -0.05) is 218 Å². The third-order valence-corrected chi connectivity index (χ3v) is 25.8. The van der Waals surface area contributed by atoms with Crippen molar-refractivity contribution in [3.63, 3.8) is 0 Å². The highest BCUT2D eigenvalue weighted by atomic mass is 31.2. The first-order valence-electron chi connectivity index (χ1n) is 38.4. The summed E-state index contributed by atoms with van der Waals surface area (Å²) < 4.78 is 74.3. The molecule has 6 aliphatic carbocycles. The molecule has 17 heteroatoms. The first-order chi connectivity index (χ1) is 51.3. The SMILES string of the molecule is C=C(c1ccccc1)[C@@]12CC[C@@H](O)C1CC(CCCCOP(=O)(O)OCC[N+](C)(C)C)=C2c1ccccc1.C=C(c1ccccc1)[C@@]12CC[C@@H](OCOC)C1CC(CCCCO)=C2c1ccccc1.C=C(c1ccccc1)[C@@]12CC[C@@H](OCOC)C1CC(CCCCOP1(=O)OCCO1)=C2c1ccccc1. The number of phosphoric acid groups is 2. The molecule has 4 unspecified atom stereocenters. The zero-order valence-electron chi connectivity index (χ0n) is 63.2. The van der Waals surface area contributed by atoms with Crippen LogP contribution in [-0.4, -0.2) is 133 Å². The smallest absolute Gasteiger partial charge is 0.396 e. The number of rotatable bonds is 35. The van der Waals surface area contributed by atoms with E-state index in [4.69, 9.17) is 54.7 Å². The Morgan fingerprint density at radius 2 is 0.849 bits per heavy atom. The lowest BCUT2D eigenvalue weighted by molar-refractivity contribution is -0.870. The lowest BCUT2D eigenvalue weighted by Crippen LogP contribution is -2.37. The molecule has 0 bridgehead atoms. The van der Waals surface area contributed by atoms with Crippen LogP contribution in [0, 0.1) is 34.0 Å². The normalized spacial score (nSPS) is 25.5. The summed E-state index contributed by atoms with van der Waals surface area (Å²) in [6.07, 6.45) is 16.2. The molecule has 3 saturated carbocycles. The van der Waals surface area contributed by atoms with E-state index in [0.29, 0.717) is 62.7 Å². The van der Waals surface area contributed by atoms with Crippen LogP contribution in [0.4, 0.5) is 0 Å². The van der Waals surface area contributed by atoms with E-state index in [2.05, 4.69) is 164 Å². The molecule has 0 aromatic heterocycles. The highest BCUT2D eigenvalue weighted by molar-refractivity contribution is 7.48. The molecule has 1 heterocycles. The molecule has 6 aromatic rings. The summed E-state index contributed by atoms with van der Waals surface area (Å²) in [7, 11) is 1.97. The minimum Gasteiger partial charge on any atom is -0.396 e. The van der Waals surface area contributed by atoms with Gasteiger partial charge in [0.25, 0.3) is 0 Å². The van der Waals surface area contributed by atoms with E-state index >= 15 is 0 Å². The van der Waals surface area contributed by atoms with Gasteiger partial charge < -0.3 is 38.5 Å². The number of hydrogen-bond acceptors (Lipinski definition) is 13. The number of allylic oxidation sites excluding steroid dienone is 9. The van der Waals surface area contributed by atoms with Gasteiger partial charge in [-0.05, 0) is 182 Å². The maximum Gasteiger partial charge on any atom is 0.474 e. The summed E-state index contributed by atoms with van der Waals surface area (Å²) in [5, 5.41) is 20.4. The van der Waals surface area contributed by atoms with Gasteiger partial charge in [0.05, 0.1) is 65.9 Å². The summed E-state index contributed by atoms with van der Waals surface area (Å²) in [6.45, 7) is 16.9. The first-order valence-corrected chi connectivity index (χ1v) is 41.3. The van der Waals surface area contributed by atoms with E-state index in [1.54, 1.807) is 14.2 Å². The highest BCUT2D eigenvalue weighted by Gasteiger charge is 2.60. The largest absolute Gasteiger partial charge is 0.474 e. The summed E-state index contributed by atoms with van der Waals surface area (Å²) in [5.74, 6) is 0.756. The van der Waals surface area contributed by atoms with E-state index in [1.165, 1.54) is 72.4 Å². The van der Waals surface area contributed by atoms with Gasteiger partial charge in [0.1, 0.15) is 26.7 Å². The number of hydrogen-bond donors (Lipinski definition) is 3. The molecular weight excluding hydrogens is 1370 g/mol. The first kappa shape index (κ1) is 80.7. The molecule has 1 aliphatic heterocycles. The van der Waals surface area contributed by atoms with Crippen molar-refractivity contribution in [2.75, 3.05) is 95.1 Å². The molecule has 13 rings (SSSR count). The third kappa shape index (κ3) is 18.6. The van der Waals surface area contributed by atoms with Gasteiger partial charge in [0.15, 0.2) is 0 Å². The van der Waals surface area contributed by atoms with Crippen LogP contribution in [-0.2, 0) is 50.7 Å². The number of aliphatic hydroxyl groups excluding tert-OH is 2. The van der Waals surface area contributed by atoms with E-state index < -0.39 is 15.6 Å². The van der Waals surface area contributed by atoms with Gasteiger partial charge in [-0.3, -0.25) is 22.6 Å². The highest BCUT2D eigenvalue weighted by Crippen LogP contribution is 2.70. The van der Waals surface area contributed by atoms with Crippen molar-refractivity contribution in [1.29, 1.82) is 0 Å². The predicted molar refractivity (Wildman–Crippen MR) is 424 cm³/mol. The molecule has 0 amide bonds. The molecule has 1 saturated heterocycles. The van der Waals surface area contributed by atoms with Gasteiger partial charge in [-0.15, -0.1) is 0 Å². The van der Waals surface area contributed by atoms with Crippen LogP contribution in [0.15, 0.2) is 218 Å². The Kier molecular flexibility index (Phi) is 28.5. The van der Waals surface area contributed by atoms with E-state index in [0.717, 1.165) is 120 Å². The topological polar surface area (TPSA) is 178 Å². The van der Waals surface area contributed by atoms with Crippen LogP contribution >= 0.6 is 15.6 Å². The molecule has 6 aromatic carbocycles. The van der Waals surface area contributed by atoms with Crippen LogP contribution in [0.2, 0.25) is 0 Å². The van der Waals surface area contributed by atoms with Crippen molar-refractivity contribution in [2.24, 2.45) is 34.0 Å². The zero-order chi connectivity index (χ0) is 74.8. The monoisotopic (exact) mass is 1480 g/mol. The predicted octanol–water partition coefficient (Wildman–Crippen LogP) is 19.7. The number of quaternary nitrogens is 1. The third-order valence-electron chi connectivity index (χ3n) is 23.2. The van der Waals surface area contributed by atoms with Crippen LogP contribution < -0.4 is 0 Å². The van der Waals surface area contributed by atoms with Crippen LogP contribution in [0.1, 0.15) is 149 Å². The Hall–Kier alpha value is -6.30. The van der Waals surface area contributed by atoms with Crippen LogP contribution in [0.5, 0.6) is 0 Å². The second-order valence-corrected chi connectivity index (χ2v) is 33.6. The Bertz CT molecular complexity index is 4040. The van der Waals surface area contributed by atoms with Gasteiger partial charge in [0, 0.05) is 54.8 Å². The number of ether oxygens (including phenoxy) is 4. The van der Waals surface area contributed by atoms with Gasteiger partial charge in [-0.25, -0.2) is 9.13 Å². The standard InChI is InChI=1S/C31H42NO5P.C30H37O6P.C28H34O3/c1-24(25-13-7-5-8-14-25)31-19-18-29(33)28(31)23-27(30(31)26-15-9-6-10-16-26)17-11-12-21-36-38(34,35)37-22-20-32(2,3)4;1-23(24-11-5-3-6-12-24)30-17-16-28(33-22-32-2)27(30)21-26(29(30)25-13-7-4-8-14-25)15-9-10-18-34-37(31)35-19-20-36-37;1-21(22-11-5-3-6-12-22)28-17-16-26(31-20-30-2)25(28)19-24(15-9-10-18-29)27(28)23-13-7-4-8-14-23/h5-10,13-16,28-29,33H,1,11-12,17-23H2,2-4H3;3-8,11-14,27-28H,1,9-10,15-22H2,2H3;3-8,11-14,25-26,29H,1,9-10,15-20H2,2H3/p+1/t28?,29-,31+;27?,28-,30+;25?,26-,28+/m111/s1. The number of unbranched alkanes of at least 4 members (excludes halogenated alkanes) is 3. The van der Waals surface area contributed by atoms with Crippen molar-refractivity contribution in [3.05, 3.63) is 252 Å². The van der Waals surface area contributed by atoms with Crippen molar-refractivity contribution >= 4 is 49.1 Å². The minimum absolute atomic E-state index is 0.101. The van der Waals surface area contributed by atoms with Crippen molar-refractivity contribution in [2.45, 2.75) is 134 Å². The molecular formula is C89H114NO14P2+.